The first-order chi connectivity index (χ1) is 6.66. The number of unbranched alkanes of at least 4 members (excludes halogenated alkanes) is 2. The fraction of sp³-hybridized carbons (Fsp3) is 0.667. The fourth-order valence-corrected chi connectivity index (χ4v) is 1.16. The van der Waals surface area contributed by atoms with Crippen LogP contribution < -0.4 is 5.32 Å². The number of hydrogen-bond acceptors (Lipinski definition) is 3. The summed E-state index contributed by atoms with van der Waals surface area (Å²) in [6.07, 6.45) is 3.22. The van der Waals surface area contributed by atoms with Gasteiger partial charge in [0, 0.05) is 13.6 Å². The number of carbonyl (C=O) groups excluding carboxylic acids is 2. The number of carbonyl (C=O) groups is 2. The molecule has 1 rings (SSSR count). The van der Waals surface area contributed by atoms with Gasteiger partial charge in [0.25, 0.3) is 5.91 Å². The van der Waals surface area contributed by atoms with Crippen LogP contribution in [0.25, 0.3) is 0 Å². The van der Waals surface area contributed by atoms with E-state index >= 15 is 0 Å². The van der Waals surface area contributed by atoms with Crippen LogP contribution in [-0.4, -0.2) is 36.3 Å². The quantitative estimate of drug-likeness (QED) is 0.677. The number of nitrogens with zero attached hydrogens (tertiary/aromatic N) is 2. The van der Waals surface area contributed by atoms with Crippen molar-refractivity contribution in [2.24, 2.45) is 4.99 Å². The van der Waals surface area contributed by atoms with Gasteiger partial charge in [-0.15, -0.1) is 0 Å². The van der Waals surface area contributed by atoms with Crippen LogP contribution in [0, 0.1) is 0 Å². The molecule has 0 aromatic heterocycles. The highest BCUT2D eigenvalue weighted by molar-refractivity contribution is 6.45. The lowest BCUT2D eigenvalue weighted by Gasteiger charge is -2.05. The Kier molecular flexibility index (Phi) is 3.62. The minimum Gasteiger partial charge on any atom is -0.365 e. The van der Waals surface area contributed by atoms with Crippen LogP contribution >= 0.6 is 0 Å². The molecule has 0 radical (unpaired) electrons. The van der Waals surface area contributed by atoms with Crippen molar-refractivity contribution in [1.82, 2.24) is 10.2 Å². The Balaban J connectivity index is 2.35. The van der Waals surface area contributed by atoms with Crippen LogP contribution in [0.3, 0.4) is 0 Å². The van der Waals surface area contributed by atoms with Gasteiger partial charge >= 0.3 is 6.03 Å². The molecule has 3 amide bonds. The van der Waals surface area contributed by atoms with Gasteiger partial charge in [-0.1, -0.05) is 19.8 Å². The van der Waals surface area contributed by atoms with Crippen LogP contribution in [0.2, 0.25) is 0 Å². The summed E-state index contributed by atoms with van der Waals surface area (Å²) in [4.78, 5) is 26.8. The summed E-state index contributed by atoms with van der Waals surface area (Å²) in [5.74, 6) is -0.167. The Hall–Kier alpha value is -1.39. The minimum atomic E-state index is -0.493. The third kappa shape index (κ3) is 2.31. The Labute approximate surface area is 83.2 Å². The van der Waals surface area contributed by atoms with Gasteiger partial charge in [-0.3, -0.25) is 9.69 Å². The van der Waals surface area contributed by atoms with Crippen LogP contribution in [-0.2, 0) is 4.79 Å². The molecule has 14 heavy (non-hydrogen) atoms. The average molecular weight is 197 g/mol. The van der Waals surface area contributed by atoms with Gasteiger partial charge in [-0.05, 0) is 6.42 Å². The van der Waals surface area contributed by atoms with E-state index in [9.17, 15) is 9.59 Å². The summed E-state index contributed by atoms with van der Waals surface area (Å²) in [5, 5.41) is 2.86. The highest BCUT2D eigenvalue weighted by atomic mass is 16.2. The van der Waals surface area contributed by atoms with Crippen molar-refractivity contribution >= 4 is 17.8 Å². The SMILES string of the molecule is CCCCCNC1=NC(=O)N(C)C1=O. The van der Waals surface area contributed by atoms with Gasteiger partial charge in [0.1, 0.15) is 0 Å². The molecule has 0 fully saturated rings. The topological polar surface area (TPSA) is 61.8 Å². The van der Waals surface area contributed by atoms with Crippen molar-refractivity contribution < 1.29 is 9.59 Å². The summed E-state index contributed by atoms with van der Waals surface area (Å²) in [7, 11) is 1.43. The van der Waals surface area contributed by atoms with E-state index in [1.54, 1.807) is 0 Å². The number of imide groups is 1. The molecule has 1 aliphatic rings. The van der Waals surface area contributed by atoms with Crippen molar-refractivity contribution in [1.29, 1.82) is 0 Å². The number of amides is 3. The summed E-state index contributed by atoms with van der Waals surface area (Å²) in [5.41, 5.74) is 0. The lowest BCUT2D eigenvalue weighted by Crippen LogP contribution is -2.36. The van der Waals surface area contributed by atoms with E-state index in [4.69, 9.17) is 0 Å². The number of urea groups is 1. The summed E-state index contributed by atoms with van der Waals surface area (Å²) in [6.45, 7) is 2.80. The van der Waals surface area contributed by atoms with Crippen LogP contribution in [0.4, 0.5) is 4.79 Å². The number of likely N-dealkylation sites (N-methyl/N-ethyl adjacent to an activating group) is 1. The van der Waals surface area contributed by atoms with Crippen LogP contribution in [0.15, 0.2) is 4.99 Å². The molecule has 0 aromatic carbocycles. The highest BCUT2D eigenvalue weighted by Crippen LogP contribution is 2.01. The fourth-order valence-electron chi connectivity index (χ4n) is 1.16. The van der Waals surface area contributed by atoms with Gasteiger partial charge in [0.05, 0.1) is 0 Å². The predicted octanol–water partition coefficient (Wildman–Crippen LogP) is 0.757. The Morgan fingerprint density at radius 1 is 1.36 bits per heavy atom. The normalized spacial score (nSPS) is 16.1. The highest BCUT2D eigenvalue weighted by Gasteiger charge is 2.29. The number of nitrogens with one attached hydrogen (secondary N) is 1. The molecule has 1 heterocycles. The standard InChI is InChI=1S/C9H15N3O2/c1-3-4-5-6-10-7-8(13)12(2)9(14)11-7/h3-6H2,1-2H3,(H,10,11,14). The van der Waals surface area contributed by atoms with Crippen molar-refractivity contribution in [2.45, 2.75) is 26.2 Å². The molecule has 5 heteroatoms. The maximum absolute atomic E-state index is 11.3. The van der Waals surface area contributed by atoms with Crippen molar-refractivity contribution in [3.05, 3.63) is 0 Å². The number of rotatable bonds is 4. The zero-order valence-corrected chi connectivity index (χ0v) is 8.54. The molecule has 0 aromatic rings. The molecule has 1 aliphatic heterocycles. The van der Waals surface area contributed by atoms with Gasteiger partial charge in [0.2, 0.25) is 0 Å². The molecule has 1 N–H and O–H groups in total. The summed E-state index contributed by atoms with van der Waals surface area (Å²) >= 11 is 0. The van der Waals surface area contributed by atoms with Crippen molar-refractivity contribution in [3.63, 3.8) is 0 Å². The second-order valence-electron chi connectivity index (χ2n) is 3.24. The average Bonchev–Trinajstić information content (AvgIpc) is 2.41. The van der Waals surface area contributed by atoms with Crippen molar-refractivity contribution in [2.75, 3.05) is 13.6 Å². The van der Waals surface area contributed by atoms with E-state index in [1.807, 2.05) is 0 Å². The number of aliphatic imine (C=N–C) groups is 1. The molecule has 5 nitrogen and oxygen atoms in total. The van der Waals surface area contributed by atoms with E-state index in [0.717, 1.165) is 24.2 Å². The van der Waals surface area contributed by atoms with E-state index < -0.39 is 6.03 Å². The second-order valence-corrected chi connectivity index (χ2v) is 3.24. The molecule has 0 bridgehead atoms. The predicted molar refractivity (Wildman–Crippen MR) is 53.1 cm³/mol. The number of amidine groups is 1. The first kappa shape index (κ1) is 10.7. The molecule has 0 saturated carbocycles. The number of hydrogen-bond donors (Lipinski definition) is 1. The third-order valence-electron chi connectivity index (χ3n) is 2.07. The molecule has 0 aliphatic carbocycles. The smallest absolute Gasteiger partial charge is 0.352 e. The Bertz CT molecular complexity index is 273. The third-order valence-corrected chi connectivity index (χ3v) is 2.07. The van der Waals surface area contributed by atoms with Gasteiger partial charge < -0.3 is 5.32 Å². The molecule has 0 saturated heterocycles. The van der Waals surface area contributed by atoms with E-state index in [2.05, 4.69) is 17.2 Å². The molecule has 0 unspecified atom stereocenters. The molecule has 0 atom stereocenters. The monoisotopic (exact) mass is 197 g/mol. The second kappa shape index (κ2) is 4.74. The first-order valence-electron chi connectivity index (χ1n) is 4.81. The first-order valence-corrected chi connectivity index (χ1v) is 4.81. The van der Waals surface area contributed by atoms with E-state index in [1.165, 1.54) is 7.05 Å². The van der Waals surface area contributed by atoms with Crippen LogP contribution in [0.5, 0.6) is 0 Å². The van der Waals surface area contributed by atoms with E-state index in [0.29, 0.717) is 6.54 Å². The molecular formula is C9H15N3O2. The lowest BCUT2D eigenvalue weighted by molar-refractivity contribution is -0.119. The maximum Gasteiger partial charge on any atom is 0.352 e. The zero-order valence-electron chi connectivity index (χ0n) is 8.54. The molecular weight excluding hydrogens is 182 g/mol. The summed E-state index contributed by atoms with van der Waals surface area (Å²) in [6, 6.07) is -0.493. The lowest BCUT2D eigenvalue weighted by atomic mass is 10.2. The van der Waals surface area contributed by atoms with Gasteiger partial charge in [-0.2, -0.15) is 4.99 Å². The largest absolute Gasteiger partial charge is 0.365 e. The van der Waals surface area contributed by atoms with Crippen LogP contribution in [0.1, 0.15) is 26.2 Å². The van der Waals surface area contributed by atoms with Gasteiger partial charge in [0.15, 0.2) is 5.84 Å². The maximum atomic E-state index is 11.3. The minimum absolute atomic E-state index is 0.175. The molecule has 0 spiro atoms. The van der Waals surface area contributed by atoms with Crippen molar-refractivity contribution in [3.8, 4) is 0 Å². The summed E-state index contributed by atoms with van der Waals surface area (Å²) < 4.78 is 0. The Morgan fingerprint density at radius 3 is 2.57 bits per heavy atom. The Morgan fingerprint density at radius 2 is 2.07 bits per heavy atom. The zero-order chi connectivity index (χ0) is 10.6. The molecule has 78 valence electrons. The van der Waals surface area contributed by atoms with E-state index in [-0.39, 0.29) is 11.7 Å². The van der Waals surface area contributed by atoms with Gasteiger partial charge in [-0.25, -0.2) is 4.79 Å².